The van der Waals surface area contributed by atoms with Crippen molar-refractivity contribution in [1.82, 2.24) is 16.2 Å². The third-order valence-electron chi connectivity index (χ3n) is 0.891. The summed E-state index contributed by atoms with van der Waals surface area (Å²) in [7, 11) is 0. The lowest BCUT2D eigenvalue weighted by Crippen LogP contribution is -2.63. The van der Waals surface area contributed by atoms with Gasteiger partial charge in [-0.1, -0.05) is 0 Å². The molecule has 1 fully saturated rings. The molecule has 1 unspecified atom stereocenters. The van der Waals surface area contributed by atoms with Gasteiger partial charge in [-0.05, 0) is 0 Å². The second-order valence-corrected chi connectivity index (χ2v) is 1.52. The lowest BCUT2D eigenvalue weighted by atomic mass is 10.5. The second kappa shape index (κ2) is 2.08. The Labute approximate surface area is 46.6 Å². The molecule has 1 amide bonds. The largest absolute Gasteiger partial charge is 0.340 e. The smallest absolute Gasteiger partial charge is 0.253 e. The number of amides is 1. The van der Waals surface area contributed by atoms with Gasteiger partial charge in [0.1, 0.15) is 6.17 Å². The van der Waals surface area contributed by atoms with E-state index in [2.05, 4.69) is 16.2 Å². The Hall–Kier alpha value is -0.650. The zero-order valence-electron chi connectivity index (χ0n) is 4.27. The van der Waals surface area contributed by atoms with Crippen molar-refractivity contribution < 1.29 is 4.79 Å². The summed E-state index contributed by atoms with van der Waals surface area (Å²) in [5, 5.41) is 2.49. The van der Waals surface area contributed by atoms with E-state index in [4.69, 9.17) is 5.73 Å². The van der Waals surface area contributed by atoms with Crippen molar-refractivity contribution in [3.63, 3.8) is 0 Å². The molecular weight excluding hydrogens is 108 g/mol. The van der Waals surface area contributed by atoms with Crippen LogP contribution in [0.5, 0.6) is 0 Å². The van der Waals surface area contributed by atoms with E-state index in [9.17, 15) is 4.79 Å². The Morgan fingerprint density at radius 1 is 1.75 bits per heavy atom. The number of hydrazine groups is 1. The van der Waals surface area contributed by atoms with Gasteiger partial charge in [0.15, 0.2) is 0 Å². The van der Waals surface area contributed by atoms with Crippen molar-refractivity contribution >= 4 is 5.91 Å². The average molecular weight is 116 g/mol. The van der Waals surface area contributed by atoms with Gasteiger partial charge in [0, 0.05) is 0 Å². The summed E-state index contributed by atoms with van der Waals surface area (Å²) in [6, 6.07) is 0. The van der Waals surface area contributed by atoms with Crippen LogP contribution in [-0.2, 0) is 4.79 Å². The van der Waals surface area contributed by atoms with Crippen LogP contribution in [0.3, 0.4) is 0 Å². The van der Waals surface area contributed by atoms with Gasteiger partial charge in [-0.15, -0.1) is 0 Å². The quantitative estimate of drug-likeness (QED) is 0.281. The number of carbonyl (C=O) groups is 1. The molecule has 5 N–H and O–H groups in total. The molecule has 46 valence electrons. The molecule has 5 nitrogen and oxygen atoms in total. The zero-order chi connectivity index (χ0) is 5.98. The summed E-state index contributed by atoms with van der Waals surface area (Å²) in [6.07, 6.45) is -0.608. The summed E-state index contributed by atoms with van der Waals surface area (Å²) in [4.78, 5) is 10.5. The maximum absolute atomic E-state index is 10.5. The Kier molecular flexibility index (Phi) is 1.43. The van der Waals surface area contributed by atoms with E-state index in [1.54, 1.807) is 0 Å². The van der Waals surface area contributed by atoms with Crippen LogP contribution in [0.4, 0.5) is 0 Å². The highest BCUT2D eigenvalue weighted by Gasteiger charge is 2.14. The number of hydrogen-bond donors (Lipinski definition) is 4. The first-order chi connectivity index (χ1) is 3.80. The predicted molar refractivity (Wildman–Crippen MR) is 27.3 cm³/mol. The van der Waals surface area contributed by atoms with Gasteiger partial charge in [-0.25, -0.2) is 10.9 Å². The molecule has 1 aliphatic rings. The summed E-state index contributed by atoms with van der Waals surface area (Å²) in [5.74, 6) is -0.177. The van der Waals surface area contributed by atoms with Crippen LogP contribution in [0, 0.1) is 0 Å². The monoisotopic (exact) mass is 116 g/mol. The fourth-order valence-corrected chi connectivity index (χ4v) is 0.468. The molecule has 1 rings (SSSR count). The topological polar surface area (TPSA) is 79.2 Å². The molecule has 0 aliphatic carbocycles. The maximum Gasteiger partial charge on any atom is 0.253 e. The average Bonchev–Trinajstić information content (AvgIpc) is 1.77. The highest BCUT2D eigenvalue weighted by molar-refractivity contribution is 5.81. The second-order valence-electron chi connectivity index (χ2n) is 1.52. The molecule has 0 spiro atoms. The van der Waals surface area contributed by atoms with Crippen LogP contribution in [-0.4, -0.2) is 18.7 Å². The van der Waals surface area contributed by atoms with E-state index >= 15 is 0 Å². The molecule has 5 heteroatoms. The molecule has 0 saturated carbocycles. The fourth-order valence-electron chi connectivity index (χ4n) is 0.468. The van der Waals surface area contributed by atoms with Crippen LogP contribution in [0.15, 0.2) is 0 Å². The van der Waals surface area contributed by atoms with Gasteiger partial charge in [-0.3, -0.25) is 4.79 Å². The standard InChI is InChI=1S/C3H8N4O/c4-2-3(8)5-1-6-7-2/h2,6-7H,1,4H2,(H,5,8). The third kappa shape index (κ3) is 0.945. The number of nitrogens with one attached hydrogen (secondary N) is 3. The van der Waals surface area contributed by atoms with Gasteiger partial charge < -0.3 is 11.1 Å². The first-order valence-corrected chi connectivity index (χ1v) is 2.32. The van der Waals surface area contributed by atoms with E-state index in [0.29, 0.717) is 6.67 Å². The summed E-state index contributed by atoms with van der Waals surface area (Å²) < 4.78 is 0. The van der Waals surface area contributed by atoms with Crippen molar-refractivity contribution in [2.75, 3.05) is 6.67 Å². The minimum Gasteiger partial charge on any atom is -0.340 e. The number of rotatable bonds is 0. The molecule has 1 aliphatic heterocycles. The zero-order valence-corrected chi connectivity index (χ0v) is 4.27. The molecule has 0 aromatic carbocycles. The molecule has 8 heavy (non-hydrogen) atoms. The van der Waals surface area contributed by atoms with Gasteiger partial charge in [-0.2, -0.15) is 0 Å². The molecule has 0 bridgehead atoms. The highest BCUT2D eigenvalue weighted by atomic mass is 16.2. The van der Waals surface area contributed by atoms with Crippen molar-refractivity contribution in [3.8, 4) is 0 Å². The molecule has 1 atom stereocenters. The number of nitrogens with two attached hydrogens (primary N) is 1. The van der Waals surface area contributed by atoms with Crippen LogP contribution < -0.4 is 21.9 Å². The number of hydrogen-bond acceptors (Lipinski definition) is 4. The maximum atomic E-state index is 10.5. The Morgan fingerprint density at radius 3 is 2.88 bits per heavy atom. The summed E-state index contributed by atoms with van der Waals surface area (Å²) in [5.41, 5.74) is 10.4. The van der Waals surface area contributed by atoms with Crippen LogP contribution >= 0.6 is 0 Å². The van der Waals surface area contributed by atoms with Crippen molar-refractivity contribution in [2.45, 2.75) is 6.17 Å². The molecule has 1 heterocycles. The summed E-state index contributed by atoms with van der Waals surface area (Å²) >= 11 is 0. The Balaban J connectivity index is 2.39. The van der Waals surface area contributed by atoms with Gasteiger partial charge in [0.25, 0.3) is 5.91 Å². The minimum atomic E-state index is -0.608. The summed E-state index contributed by atoms with van der Waals surface area (Å²) in [6.45, 7) is 0.437. The van der Waals surface area contributed by atoms with Gasteiger partial charge >= 0.3 is 0 Å². The molecule has 1 saturated heterocycles. The normalized spacial score (nSPS) is 29.6. The van der Waals surface area contributed by atoms with E-state index < -0.39 is 6.17 Å². The van der Waals surface area contributed by atoms with Crippen molar-refractivity contribution in [1.29, 1.82) is 0 Å². The minimum absolute atomic E-state index is 0.177. The first-order valence-electron chi connectivity index (χ1n) is 2.32. The van der Waals surface area contributed by atoms with Crippen LogP contribution in [0.25, 0.3) is 0 Å². The molecular formula is C3H8N4O. The Bertz CT molecular complexity index is 103. The van der Waals surface area contributed by atoms with Gasteiger partial charge in [0.2, 0.25) is 0 Å². The van der Waals surface area contributed by atoms with Crippen molar-refractivity contribution in [3.05, 3.63) is 0 Å². The van der Waals surface area contributed by atoms with Crippen LogP contribution in [0.2, 0.25) is 0 Å². The van der Waals surface area contributed by atoms with Gasteiger partial charge in [0.05, 0.1) is 6.67 Å². The lowest BCUT2D eigenvalue weighted by Gasteiger charge is -2.20. The lowest BCUT2D eigenvalue weighted by molar-refractivity contribution is -0.125. The fraction of sp³-hybridized carbons (Fsp3) is 0.667. The van der Waals surface area contributed by atoms with E-state index in [0.717, 1.165) is 0 Å². The SMILES string of the molecule is NC1NNCNC1=O. The van der Waals surface area contributed by atoms with E-state index in [1.807, 2.05) is 0 Å². The molecule has 0 aromatic rings. The van der Waals surface area contributed by atoms with Crippen LogP contribution in [0.1, 0.15) is 0 Å². The Morgan fingerprint density at radius 2 is 2.50 bits per heavy atom. The predicted octanol–water partition coefficient (Wildman–Crippen LogP) is -2.55. The third-order valence-corrected chi connectivity index (χ3v) is 0.891. The first kappa shape index (κ1) is 5.49. The van der Waals surface area contributed by atoms with Crippen molar-refractivity contribution in [2.24, 2.45) is 5.73 Å². The molecule has 0 radical (unpaired) electrons. The highest BCUT2D eigenvalue weighted by Crippen LogP contribution is 1.72. The van der Waals surface area contributed by atoms with E-state index in [-0.39, 0.29) is 5.91 Å². The van der Waals surface area contributed by atoms with E-state index in [1.165, 1.54) is 0 Å². The number of carbonyl (C=O) groups excluding carboxylic acids is 1. The molecule has 0 aromatic heterocycles.